The molecule has 2 aromatic rings. The number of carbonyl (C=O) groups excluding carboxylic acids is 2. The Balaban J connectivity index is 1.75. The van der Waals surface area contributed by atoms with E-state index in [2.05, 4.69) is 5.32 Å². The molecule has 34 heavy (non-hydrogen) atoms. The van der Waals surface area contributed by atoms with Crippen LogP contribution in [0.15, 0.2) is 30.3 Å². The number of hydrogen-bond donors (Lipinski definition) is 1. The van der Waals surface area contributed by atoms with Crippen LogP contribution in [0.3, 0.4) is 0 Å². The Hall–Kier alpha value is -1.95. The van der Waals surface area contributed by atoms with Crippen molar-refractivity contribution in [2.24, 2.45) is 0 Å². The topological polar surface area (TPSA) is 58.6 Å². The zero-order valence-electron chi connectivity index (χ0n) is 19.8. The number of hydrogen-bond acceptors (Lipinski definition) is 3. The second-order valence-corrected chi connectivity index (χ2v) is 10.1. The van der Waals surface area contributed by atoms with Gasteiger partial charge in [0.15, 0.2) is 6.61 Å². The Morgan fingerprint density at radius 3 is 2.29 bits per heavy atom. The highest BCUT2D eigenvalue weighted by Gasteiger charge is 2.28. The van der Waals surface area contributed by atoms with E-state index in [1.165, 1.54) is 11.3 Å². The number of nitrogens with one attached hydrogen (secondary N) is 1. The van der Waals surface area contributed by atoms with Gasteiger partial charge in [-0.1, -0.05) is 60.1 Å². The maximum atomic E-state index is 13.3. The quantitative estimate of drug-likeness (QED) is 0.427. The fourth-order valence-electron chi connectivity index (χ4n) is 4.20. The molecule has 0 aliphatic heterocycles. The highest BCUT2D eigenvalue weighted by atomic mass is 35.5. The highest BCUT2D eigenvalue weighted by Crippen LogP contribution is 2.27. The first-order valence-electron chi connectivity index (χ1n) is 11.6. The Morgan fingerprint density at radius 2 is 1.68 bits per heavy atom. The fraction of sp³-hybridized carbons (Fsp3) is 0.462. The van der Waals surface area contributed by atoms with Gasteiger partial charge < -0.3 is 15.0 Å². The van der Waals surface area contributed by atoms with Gasteiger partial charge in [-0.25, -0.2) is 0 Å². The van der Waals surface area contributed by atoms with E-state index in [-0.39, 0.29) is 31.0 Å². The molecule has 1 aliphatic rings. The van der Waals surface area contributed by atoms with Crippen molar-refractivity contribution in [3.63, 3.8) is 0 Å². The van der Waals surface area contributed by atoms with E-state index in [0.29, 0.717) is 20.8 Å². The summed E-state index contributed by atoms with van der Waals surface area (Å²) >= 11 is 18.5. The van der Waals surface area contributed by atoms with Gasteiger partial charge in [0.05, 0.1) is 10.0 Å². The smallest absolute Gasteiger partial charge is 0.261 e. The van der Waals surface area contributed by atoms with Crippen molar-refractivity contribution in [1.29, 1.82) is 0 Å². The molecular weight excluding hydrogens is 495 g/mol. The van der Waals surface area contributed by atoms with Crippen molar-refractivity contribution < 1.29 is 14.3 Å². The van der Waals surface area contributed by atoms with Crippen LogP contribution < -0.4 is 10.1 Å². The van der Waals surface area contributed by atoms with Gasteiger partial charge in [0, 0.05) is 17.6 Å². The largest absolute Gasteiger partial charge is 0.484 e. The highest BCUT2D eigenvalue weighted by molar-refractivity contribution is 6.42. The molecule has 5 nitrogen and oxygen atoms in total. The van der Waals surface area contributed by atoms with Gasteiger partial charge in [0.25, 0.3) is 5.91 Å². The standard InChI is InChI=1S/C26H31Cl3N2O3/c1-16-11-21(12-17(2)25(16)29)34-15-24(32)31(14-19-9-10-22(27)23(28)13-19)18(3)26(33)30-20-7-5-4-6-8-20/h9-13,18,20H,4-8,14-15H2,1-3H3,(H,30,33)/t18-/m0/s1. The minimum atomic E-state index is -0.679. The molecule has 0 aromatic heterocycles. The Labute approximate surface area is 216 Å². The zero-order chi connectivity index (χ0) is 24.8. The van der Waals surface area contributed by atoms with E-state index in [4.69, 9.17) is 39.5 Å². The van der Waals surface area contributed by atoms with E-state index in [1.807, 2.05) is 13.8 Å². The van der Waals surface area contributed by atoms with Crippen molar-refractivity contribution >= 4 is 46.6 Å². The van der Waals surface area contributed by atoms with Gasteiger partial charge in [0.2, 0.25) is 5.91 Å². The molecule has 8 heteroatoms. The summed E-state index contributed by atoms with van der Waals surface area (Å²) in [6.07, 6.45) is 5.36. The molecule has 3 rings (SSSR count). The Bertz CT molecular complexity index is 1010. The second-order valence-electron chi connectivity index (χ2n) is 8.95. The normalized spacial score (nSPS) is 15.0. The van der Waals surface area contributed by atoms with Crippen molar-refractivity contribution in [3.05, 3.63) is 62.1 Å². The molecule has 0 heterocycles. The van der Waals surface area contributed by atoms with Crippen LogP contribution in [0.25, 0.3) is 0 Å². The fourth-order valence-corrected chi connectivity index (χ4v) is 4.63. The van der Waals surface area contributed by atoms with Crippen LogP contribution in [0.5, 0.6) is 5.75 Å². The third-order valence-corrected chi connectivity index (χ3v) is 7.56. The number of rotatable bonds is 8. The third-order valence-electron chi connectivity index (χ3n) is 6.23. The maximum Gasteiger partial charge on any atom is 0.261 e. The summed E-state index contributed by atoms with van der Waals surface area (Å²) in [5.41, 5.74) is 2.52. The molecule has 0 unspecified atom stereocenters. The summed E-state index contributed by atoms with van der Waals surface area (Å²) in [5, 5.41) is 4.62. The molecule has 2 aromatic carbocycles. The van der Waals surface area contributed by atoms with Crippen molar-refractivity contribution in [3.8, 4) is 5.75 Å². The van der Waals surface area contributed by atoms with Crippen molar-refractivity contribution in [2.45, 2.75) is 71.5 Å². The van der Waals surface area contributed by atoms with E-state index in [1.54, 1.807) is 37.3 Å². The van der Waals surface area contributed by atoms with E-state index >= 15 is 0 Å². The number of halogens is 3. The summed E-state index contributed by atoms with van der Waals surface area (Å²) in [4.78, 5) is 27.9. The van der Waals surface area contributed by atoms with Crippen LogP contribution in [0, 0.1) is 13.8 Å². The van der Waals surface area contributed by atoms with Gasteiger partial charge in [0.1, 0.15) is 11.8 Å². The molecule has 0 saturated heterocycles. The number of aryl methyl sites for hydroxylation is 2. The molecule has 1 aliphatic carbocycles. The van der Waals surface area contributed by atoms with Gasteiger partial charge in [-0.3, -0.25) is 9.59 Å². The number of nitrogens with zero attached hydrogens (tertiary/aromatic N) is 1. The summed E-state index contributed by atoms with van der Waals surface area (Å²) in [6.45, 7) is 5.51. The van der Waals surface area contributed by atoms with Crippen molar-refractivity contribution in [1.82, 2.24) is 10.2 Å². The molecule has 1 fully saturated rings. The van der Waals surface area contributed by atoms with Crippen LogP contribution in [0.1, 0.15) is 55.7 Å². The first kappa shape index (κ1) is 26.7. The minimum absolute atomic E-state index is 0.155. The number of carbonyl (C=O) groups is 2. The summed E-state index contributed by atoms with van der Waals surface area (Å²) in [5.74, 6) is 0.0858. The lowest BCUT2D eigenvalue weighted by Gasteiger charge is -2.31. The second kappa shape index (κ2) is 12.1. The van der Waals surface area contributed by atoms with E-state index in [0.717, 1.165) is 42.4 Å². The first-order valence-corrected chi connectivity index (χ1v) is 12.7. The Morgan fingerprint density at radius 1 is 1.03 bits per heavy atom. The van der Waals surface area contributed by atoms with Crippen LogP contribution in [-0.2, 0) is 16.1 Å². The summed E-state index contributed by atoms with van der Waals surface area (Å²) in [6, 6.07) is 8.26. The predicted octanol–water partition coefficient (Wildman–Crippen LogP) is 6.51. The number of amides is 2. The lowest BCUT2D eigenvalue weighted by atomic mass is 9.95. The summed E-state index contributed by atoms with van der Waals surface area (Å²) < 4.78 is 5.80. The van der Waals surface area contributed by atoms with Crippen LogP contribution in [0.2, 0.25) is 15.1 Å². The Kier molecular flexibility index (Phi) is 9.52. The van der Waals surface area contributed by atoms with Gasteiger partial charge in [-0.05, 0) is 74.6 Å². The molecule has 1 saturated carbocycles. The van der Waals surface area contributed by atoms with Crippen molar-refractivity contribution in [2.75, 3.05) is 6.61 Å². The zero-order valence-corrected chi connectivity index (χ0v) is 22.1. The first-order chi connectivity index (χ1) is 16.2. The predicted molar refractivity (Wildman–Crippen MR) is 138 cm³/mol. The van der Waals surface area contributed by atoms with E-state index < -0.39 is 6.04 Å². The minimum Gasteiger partial charge on any atom is -0.484 e. The number of benzene rings is 2. The van der Waals surface area contributed by atoms with Gasteiger partial charge in [-0.2, -0.15) is 0 Å². The lowest BCUT2D eigenvalue weighted by molar-refractivity contribution is -0.142. The molecule has 1 N–H and O–H groups in total. The van der Waals surface area contributed by atoms with Crippen LogP contribution in [0.4, 0.5) is 0 Å². The van der Waals surface area contributed by atoms with Crippen LogP contribution >= 0.6 is 34.8 Å². The average molecular weight is 526 g/mol. The molecule has 0 radical (unpaired) electrons. The van der Waals surface area contributed by atoms with Gasteiger partial charge >= 0.3 is 0 Å². The summed E-state index contributed by atoms with van der Waals surface area (Å²) in [7, 11) is 0. The molecule has 1 atom stereocenters. The molecule has 184 valence electrons. The lowest BCUT2D eigenvalue weighted by Crippen LogP contribution is -2.51. The third kappa shape index (κ3) is 7.03. The SMILES string of the molecule is Cc1cc(OCC(=O)N(Cc2ccc(Cl)c(Cl)c2)[C@@H](C)C(=O)NC2CCCCC2)cc(C)c1Cl. The average Bonchev–Trinajstić information content (AvgIpc) is 2.81. The number of ether oxygens (including phenoxy) is 1. The maximum absolute atomic E-state index is 13.3. The van der Waals surface area contributed by atoms with E-state index in [9.17, 15) is 9.59 Å². The van der Waals surface area contributed by atoms with Crippen LogP contribution in [-0.4, -0.2) is 35.4 Å². The molecule has 2 amide bonds. The molecule has 0 spiro atoms. The molecule has 0 bridgehead atoms. The molecular formula is C26H31Cl3N2O3. The monoisotopic (exact) mass is 524 g/mol. The van der Waals surface area contributed by atoms with Gasteiger partial charge in [-0.15, -0.1) is 0 Å².